The first-order valence-electron chi connectivity index (χ1n) is 4.94. The van der Waals surface area contributed by atoms with Crippen molar-refractivity contribution in [2.24, 2.45) is 0 Å². The number of anilines is 1. The number of ketones is 1. The predicted molar refractivity (Wildman–Crippen MR) is 78.5 cm³/mol. The normalized spacial score (nSPS) is 10.2. The second kappa shape index (κ2) is 5.06. The van der Waals surface area contributed by atoms with Crippen molar-refractivity contribution in [2.45, 2.75) is 0 Å². The van der Waals surface area contributed by atoms with Gasteiger partial charge in [-0.1, -0.05) is 41.9 Å². The first-order chi connectivity index (χ1) is 8.09. The molecule has 0 aliphatic heterocycles. The van der Waals surface area contributed by atoms with E-state index in [4.69, 9.17) is 17.3 Å². The topological polar surface area (TPSA) is 43.1 Å². The summed E-state index contributed by atoms with van der Waals surface area (Å²) in [7, 11) is 0. The van der Waals surface area contributed by atoms with E-state index in [1.807, 2.05) is 18.2 Å². The highest BCUT2D eigenvalue weighted by atomic mass is 127. The number of carbonyl (C=O) groups is 1. The lowest BCUT2D eigenvalue weighted by Gasteiger charge is -2.07. The Morgan fingerprint density at radius 2 is 1.82 bits per heavy atom. The van der Waals surface area contributed by atoms with E-state index in [1.54, 1.807) is 24.3 Å². The lowest BCUT2D eigenvalue weighted by atomic mass is 10.0. The summed E-state index contributed by atoms with van der Waals surface area (Å²) in [5.41, 5.74) is 7.23. The molecule has 0 amide bonds. The molecule has 0 unspecified atom stereocenters. The van der Waals surface area contributed by atoms with E-state index >= 15 is 0 Å². The highest BCUT2D eigenvalue weighted by molar-refractivity contribution is 14.1. The molecule has 0 aromatic heterocycles. The molecule has 0 bridgehead atoms. The van der Waals surface area contributed by atoms with Crippen molar-refractivity contribution in [1.82, 2.24) is 0 Å². The molecule has 0 aliphatic carbocycles. The van der Waals surface area contributed by atoms with Crippen LogP contribution < -0.4 is 5.73 Å². The van der Waals surface area contributed by atoms with Crippen LogP contribution in [0.25, 0.3) is 0 Å². The fraction of sp³-hybridized carbons (Fsp3) is 0. The summed E-state index contributed by atoms with van der Waals surface area (Å²) in [6, 6.07) is 12.5. The van der Waals surface area contributed by atoms with Crippen molar-refractivity contribution in [2.75, 3.05) is 5.73 Å². The smallest absolute Gasteiger partial charge is 0.195 e. The average molecular weight is 358 g/mol. The van der Waals surface area contributed by atoms with Crippen molar-refractivity contribution in [3.63, 3.8) is 0 Å². The molecule has 2 nitrogen and oxygen atoms in total. The van der Waals surface area contributed by atoms with Crippen LogP contribution in [0.5, 0.6) is 0 Å². The van der Waals surface area contributed by atoms with E-state index in [2.05, 4.69) is 22.6 Å². The summed E-state index contributed by atoms with van der Waals surface area (Å²) in [5.74, 6) is -0.108. The number of rotatable bonds is 2. The van der Waals surface area contributed by atoms with Crippen molar-refractivity contribution < 1.29 is 4.79 Å². The van der Waals surface area contributed by atoms with E-state index in [-0.39, 0.29) is 5.78 Å². The lowest BCUT2D eigenvalue weighted by molar-refractivity contribution is 0.103. The molecule has 2 rings (SSSR count). The average Bonchev–Trinajstić information content (AvgIpc) is 2.34. The van der Waals surface area contributed by atoms with Gasteiger partial charge in [-0.15, -0.1) is 0 Å². The molecule has 2 aromatic rings. The summed E-state index contributed by atoms with van der Waals surface area (Å²) < 4.78 is 0.890. The van der Waals surface area contributed by atoms with Crippen molar-refractivity contribution in [3.05, 3.63) is 62.2 Å². The highest BCUT2D eigenvalue weighted by Crippen LogP contribution is 2.27. The highest BCUT2D eigenvalue weighted by Gasteiger charge is 2.14. The molecular weight excluding hydrogens is 349 g/mol. The quantitative estimate of drug-likeness (QED) is 0.505. The molecule has 86 valence electrons. The SMILES string of the molecule is Nc1c(Cl)cc(I)cc1C(=O)c1ccccc1. The number of nitrogen functional groups attached to an aromatic ring is 1. The van der Waals surface area contributed by atoms with Gasteiger partial charge in [-0.05, 0) is 34.7 Å². The molecule has 0 spiro atoms. The zero-order chi connectivity index (χ0) is 12.4. The minimum Gasteiger partial charge on any atom is -0.397 e. The maximum Gasteiger partial charge on any atom is 0.195 e. The van der Waals surface area contributed by atoms with Crippen LogP contribution in [0.15, 0.2) is 42.5 Å². The monoisotopic (exact) mass is 357 g/mol. The summed E-state index contributed by atoms with van der Waals surface area (Å²) in [5, 5.41) is 0.413. The Kier molecular flexibility index (Phi) is 3.69. The molecular formula is C13H9ClINO. The molecule has 0 aliphatic rings. The van der Waals surface area contributed by atoms with Crippen LogP contribution in [0.3, 0.4) is 0 Å². The molecule has 0 radical (unpaired) electrons. The fourth-order valence-electron chi connectivity index (χ4n) is 1.52. The molecule has 2 aromatic carbocycles. The van der Waals surface area contributed by atoms with Gasteiger partial charge in [0.15, 0.2) is 5.78 Å². The van der Waals surface area contributed by atoms with Gasteiger partial charge in [0.1, 0.15) is 0 Å². The van der Waals surface area contributed by atoms with E-state index in [0.29, 0.717) is 21.8 Å². The van der Waals surface area contributed by atoms with Crippen LogP contribution in [0.2, 0.25) is 5.02 Å². The number of halogens is 2. The van der Waals surface area contributed by atoms with Crippen LogP contribution in [-0.4, -0.2) is 5.78 Å². The third-order valence-electron chi connectivity index (χ3n) is 2.37. The van der Waals surface area contributed by atoms with Gasteiger partial charge >= 0.3 is 0 Å². The van der Waals surface area contributed by atoms with Gasteiger partial charge in [-0.3, -0.25) is 4.79 Å². The molecule has 0 saturated carbocycles. The first-order valence-corrected chi connectivity index (χ1v) is 6.39. The number of hydrogen-bond donors (Lipinski definition) is 1. The molecule has 4 heteroatoms. The summed E-state index contributed by atoms with van der Waals surface area (Å²) >= 11 is 8.08. The van der Waals surface area contributed by atoms with Gasteiger partial charge < -0.3 is 5.73 Å². The van der Waals surface area contributed by atoms with E-state index in [1.165, 1.54) is 0 Å². The summed E-state index contributed by atoms with van der Waals surface area (Å²) in [4.78, 5) is 12.2. The second-order valence-electron chi connectivity index (χ2n) is 3.54. The van der Waals surface area contributed by atoms with E-state index in [9.17, 15) is 4.79 Å². The van der Waals surface area contributed by atoms with Gasteiger partial charge in [0.2, 0.25) is 0 Å². The van der Waals surface area contributed by atoms with Crippen molar-refractivity contribution in [1.29, 1.82) is 0 Å². The minimum atomic E-state index is -0.108. The Morgan fingerprint density at radius 3 is 2.47 bits per heavy atom. The number of carbonyl (C=O) groups excluding carboxylic acids is 1. The Balaban J connectivity index is 2.52. The largest absolute Gasteiger partial charge is 0.397 e. The van der Waals surface area contributed by atoms with E-state index < -0.39 is 0 Å². The maximum atomic E-state index is 12.2. The molecule has 0 saturated heterocycles. The third-order valence-corrected chi connectivity index (χ3v) is 3.31. The van der Waals surface area contributed by atoms with Gasteiger partial charge in [0, 0.05) is 14.7 Å². The Labute approximate surface area is 118 Å². The predicted octanol–water partition coefficient (Wildman–Crippen LogP) is 3.76. The zero-order valence-electron chi connectivity index (χ0n) is 8.78. The van der Waals surface area contributed by atoms with Crippen LogP contribution in [0.4, 0.5) is 5.69 Å². The minimum absolute atomic E-state index is 0.108. The standard InChI is InChI=1S/C13H9ClINO/c14-11-7-9(15)6-10(12(11)16)13(17)8-4-2-1-3-5-8/h1-7H,16H2. The first kappa shape index (κ1) is 12.4. The van der Waals surface area contributed by atoms with Gasteiger partial charge in [-0.2, -0.15) is 0 Å². The van der Waals surface area contributed by atoms with Crippen LogP contribution in [0.1, 0.15) is 15.9 Å². The number of nitrogens with two attached hydrogens (primary N) is 1. The molecule has 0 fully saturated rings. The molecule has 0 atom stereocenters. The fourth-order valence-corrected chi connectivity index (χ4v) is 2.54. The zero-order valence-corrected chi connectivity index (χ0v) is 11.7. The third kappa shape index (κ3) is 2.61. The number of hydrogen-bond acceptors (Lipinski definition) is 2. The molecule has 17 heavy (non-hydrogen) atoms. The summed E-state index contributed by atoms with van der Waals surface area (Å²) in [6.45, 7) is 0. The van der Waals surface area contributed by atoms with Crippen LogP contribution in [-0.2, 0) is 0 Å². The Morgan fingerprint density at radius 1 is 1.18 bits per heavy atom. The van der Waals surface area contributed by atoms with E-state index in [0.717, 1.165) is 3.57 Å². The van der Waals surface area contributed by atoms with Gasteiger partial charge in [-0.25, -0.2) is 0 Å². The summed E-state index contributed by atoms with van der Waals surface area (Å²) in [6.07, 6.45) is 0. The lowest BCUT2D eigenvalue weighted by Crippen LogP contribution is -2.06. The molecule has 2 N–H and O–H groups in total. The van der Waals surface area contributed by atoms with Crippen molar-refractivity contribution in [3.8, 4) is 0 Å². The van der Waals surface area contributed by atoms with Gasteiger partial charge in [0.25, 0.3) is 0 Å². The Bertz CT molecular complexity index is 569. The van der Waals surface area contributed by atoms with Crippen LogP contribution in [0, 0.1) is 3.57 Å². The Hall–Kier alpha value is -1.07. The van der Waals surface area contributed by atoms with Gasteiger partial charge in [0.05, 0.1) is 10.7 Å². The second-order valence-corrected chi connectivity index (χ2v) is 5.20. The van der Waals surface area contributed by atoms with Crippen LogP contribution >= 0.6 is 34.2 Å². The molecule has 0 heterocycles. The van der Waals surface area contributed by atoms with Crippen molar-refractivity contribution >= 4 is 45.7 Å². The maximum absolute atomic E-state index is 12.2. The number of benzene rings is 2.